The number of anilines is 1. The van der Waals surface area contributed by atoms with Crippen LogP contribution in [0.5, 0.6) is 5.75 Å². The molecule has 0 radical (unpaired) electrons. The first-order valence-corrected chi connectivity index (χ1v) is 10.2. The van der Waals surface area contributed by atoms with Crippen LogP contribution in [0.3, 0.4) is 0 Å². The summed E-state index contributed by atoms with van der Waals surface area (Å²) in [6.07, 6.45) is 2.11. The Labute approximate surface area is 188 Å². The van der Waals surface area contributed by atoms with E-state index in [1.807, 2.05) is 13.8 Å². The van der Waals surface area contributed by atoms with Gasteiger partial charge in [-0.15, -0.1) is 0 Å². The normalized spacial score (nSPS) is 12.4. The van der Waals surface area contributed by atoms with Crippen molar-refractivity contribution in [2.75, 3.05) is 5.32 Å². The molecule has 31 heavy (non-hydrogen) atoms. The number of hydroxylamine groups is 1. The summed E-state index contributed by atoms with van der Waals surface area (Å²) in [5, 5.41) is 20.7. The van der Waals surface area contributed by atoms with E-state index in [0.29, 0.717) is 24.1 Å². The van der Waals surface area contributed by atoms with Crippen LogP contribution in [-0.4, -0.2) is 22.3 Å². The summed E-state index contributed by atoms with van der Waals surface area (Å²) in [5.74, 6) is -1.98. The van der Waals surface area contributed by atoms with Gasteiger partial charge in [0.25, 0.3) is 5.91 Å². The average Bonchev–Trinajstić information content (AvgIpc) is 2.73. The number of aromatic hydroxyl groups is 1. The zero-order valence-electron chi connectivity index (χ0n) is 17.1. The summed E-state index contributed by atoms with van der Waals surface area (Å²) in [6, 6.07) is 10.7. The third kappa shape index (κ3) is 7.37. The van der Waals surface area contributed by atoms with Gasteiger partial charge < -0.3 is 9.84 Å². The fraction of sp³-hybridized carbons (Fsp3) is 0.273. The highest BCUT2D eigenvalue weighted by molar-refractivity contribution is 9.10. The van der Waals surface area contributed by atoms with Gasteiger partial charge in [0.05, 0.1) is 0 Å². The number of nitrogens with one attached hydrogen (secondary N) is 2. The second-order valence-corrected chi connectivity index (χ2v) is 8.45. The lowest BCUT2D eigenvalue weighted by molar-refractivity contribution is -0.124. The van der Waals surface area contributed by atoms with Crippen molar-refractivity contribution in [1.82, 2.24) is 5.48 Å². The second kappa shape index (κ2) is 10.9. The van der Waals surface area contributed by atoms with Crippen LogP contribution < -0.4 is 10.8 Å². The first kappa shape index (κ1) is 24.4. The number of phenolic OH excluding ortho intramolecular Hbond substituents is 1. The van der Waals surface area contributed by atoms with Crippen LogP contribution in [0, 0.1) is 11.2 Å². The van der Waals surface area contributed by atoms with Crippen molar-refractivity contribution in [3.8, 4) is 5.75 Å². The van der Waals surface area contributed by atoms with Crippen LogP contribution >= 0.6 is 15.9 Å². The fourth-order valence-corrected chi connectivity index (χ4v) is 3.23. The minimum atomic E-state index is -0.849. The lowest BCUT2D eigenvalue weighted by Crippen LogP contribution is -2.29. The Morgan fingerprint density at radius 1 is 1.23 bits per heavy atom. The van der Waals surface area contributed by atoms with Gasteiger partial charge >= 0.3 is 6.09 Å². The van der Waals surface area contributed by atoms with Gasteiger partial charge in [-0.05, 0) is 54.8 Å². The summed E-state index contributed by atoms with van der Waals surface area (Å²) < 4.78 is 20.5. The Bertz CT molecular complexity index is 947. The highest BCUT2D eigenvalue weighted by Gasteiger charge is 2.34. The van der Waals surface area contributed by atoms with Crippen LogP contribution in [0.4, 0.5) is 14.9 Å². The summed E-state index contributed by atoms with van der Waals surface area (Å²) in [4.78, 5) is 23.7. The largest absolute Gasteiger partial charge is 0.505 e. The average molecular weight is 495 g/mol. The molecule has 0 aliphatic rings. The highest BCUT2D eigenvalue weighted by atomic mass is 79.9. The van der Waals surface area contributed by atoms with Gasteiger partial charge in [-0.25, -0.2) is 14.7 Å². The van der Waals surface area contributed by atoms with Gasteiger partial charge in [-0.3, -0.25) is 15.3 Å². The molecule has 9 heteroatoms. The number of ether oxygens (including phenoxy) is 1. The van der Waals surface area contributed by atoms with Crippen molar-refractivity contribution in [1.29, 1.82) is 0 Å². The highest BCUT2D eigenvalue weighted by Crippen LogP contribution is 2.41. The van der Waals surface area contributed by atoms with E-state index in [1.165, 1.54) is 23.7 Å². The molecule has 1 atom stereocenters. The smallest absolute Gasteiger partial charge is 0.412 e. The second-order valence-electron chi connectivity index (χ2n) is 7.53. The molecule has 0 aliphatic heterocycles. The number of hydrogen-bond donors (Lipinski definition) is 4. The van der Waals surface area contributed by atoms with E-state index in [4.69, 9.17) is 9.94 Å². The number of halogens is 2. The standard InChI is InChI=1S/C22H24BrFN2O5/c1-22(2,12-4-3-5-19(28)26-30)20(14-6-11-18(27)17(24)13-14)31-21(29)25-16-9-7-15(23)8-10-16/h3,5-11,13,20,27,30H,4,12H2,1-2H3,(H,25,29)(H,26,28)/b5-3+/t20-/m1/s1. The Morgan fingerprint density at radius 3 is 2.52 bits per heavy atom. The summed E-state index contributed by atoms with van der Waals surface area (Å²) in [6.45, 7) is 3.69. The molecule has 0 saturated heterocycles. The van der Waals surface area contributed by atoms with Gasteiger partial charge in [-0.1, -0.05) is 41.9 Å². The molecular formula is C22H24BrFN2O5. The predicted molar refractivity (Wildman–Crippen MR) is 117 cm³/mol. The van der Waals surface area contributed by atoms with Crippen molar-refractivity contribution in [3.63, 3.8) is 0 Å². The van der Waals surface area contributed by atoms with E-state index < -0.39 is 35.1 Å². The number of allylic oxidation sites excluding steroid dienone is 1. The molecule has 0 bridgehead atoms. The third-order valence-electron chi connectivity index (χ3n) is 4.63. The molecule has 0 saturated carbocycles. The van der Waals surface area contributed by atoms with Crippen molar-refractivity contribution in [3.05, 3.63) is 70.5 Å². The molecule has 0 unspecified atom stereocenters. The maximum Gasteiger partial charge on any atom is 0.412 e. The SMILES string of the molecule is CC(C)(CC/C=C/C(=O)NO)[C@H](OC(=O)Nc1ccc(Br)cc1)c1ccc(O)c(F)c1. The van der Waals surface area contributed by atoms with Crippen molar-refractivity contribution in [2.45, 2.75) is 32.8 Å². The molecule has 0 aliphatic carbocycles. The molecule has 2 rings (SSSR count). The molecule has 166 valence electrons. The number of amides is 2. The molecule has 4 N–H and O–H groups in total. The summed E-state index contributed by atoms with van der Waals surface area (Å²) in [5.41, 5.74) is 1.74. The molecular weight excluding hydrogens is 471 g/mol. The lowest BCUT2D eigenvalue weighted by Gasteiger charge is -2.34. The predicted octanol–water partition coefficient (Wildman–Crippen LogP) is 5.45. The van der Waals surface area contributed by atoms with Gasteiger partial charge in [0.2, 0.25) is 0 Å². The molecule has 0 fully saturated rings. The minimum Gasteiger partial charge on any atom is -0.505 e. The van der Waals surface area contributed by atoms with Crippen LogP contribution in [0.2, 0.25) is 0 Å². The van der Waals surface area contributed by atoms with E-state index in [-0.39, 0.29) is 0 Å². The first-order valence-electron chi connectivity index (χ1n) is 9.44. The molecule has 2 aromatic rings. The molecule has 7 nitrogen and oxygen atoms in total. The van der Waals surface area contributed by atoms with Crippen LogP contribution in [-0.2, 0) is 9.53 Å². The Morgan fingerprint density at radius 2 is 1.90 bits per heavy atom. The maximum absolute atomic E-state index is 14.0. The number of carbonyl (C=O) groups excluding carboxylic acids is 2. The van der Waals surface area contributed by atoms with Crippen LogP contribution in [0.1, 0.15) is 38.4 Å². The molecule has 2 aromatic carbocycles. The zero-order valence-corrected chi connectivity index (χ0v) is 18.6. The lowest BCUT2D eigenvalue weighted by atomic mass is 9.78. The number of carbonyl (C=O) groups is 2. The van der Waals surface area contributed by atoms with E-state index >= 15 is 0 Å². The van der Waals surface area contributed by atoms with E-state index in [1.54, 1.807) is 30.3 Å². The van der Waals surface area contributed by atoms with Gasteiger partial charge in [0.1, 0.15) is 6.10 Å². The maximum atomic E-state index is 14.0. The number of phenols is 1. The Balaban J connectivity index is 2.21. The topological polar surface area (TPSA) is 108 Å². The minimum absolute atomic E-state index is 0.378. The fourth-order valence-electron chi connectivity index (χ4n) is 2.97. The van der Waals surface area contributed by atoms with Gasteiger partial charge in [0, 0.05) is 21.7 Å². The summed E-state index contributed by atoms with van der Waals surface area (Å²) >= 11 is 3.32. The Kier molecular flexibility index (Phi) is 8.58. The monoisotopic (exact) mass is 494 g/mol. The quantitative estimate of drug-likeness (QED) is 0.221. The van der Waals surface area contributed by atoms with E-state index in [0.717, 1.165) is 10.5 Å². The van der Waals surface area contributed by atoms with Crippen LogP contribution in [0.25, 0.3) is 0 Å². The van der Waals surface area contributed by atoms with Gasteiger partial charge in [-0.2, -0.15) is 0 Å². The third-order valence-corrected chi connectivity index (χ3v) is 5.16. The zero-order chi connectivity index (χ0) is 23.0. The van der Waals surface area contributed by atoms with E-state index in [2.05, 4.69) is 21.2 Å². The number of hydrogen-bond acceptors (Lipinski definition) is 5. The van der Waals surface area contributed by atoms with Crippen molar-refractivity contribution in [2.24, 2.45) is 5.41 Å². The van der Waals surface area contributed by atoms with Crippen molar-refractivity contribution >= 4 is 33.6 Å². The van der Waals surface area contributed by atoms with E-state index in [9.17, 15) is 19.1 Å². The van der Waals surface area contributed by atoms with Crippen LogP contribution in [0.15, 0.2) is 59.1 Å². The molecule has 2 amide bonds. The van der Waals surface area contributed by atoms with Gasteiger partial charge in [0.15, 0.2) is 11.6 Å². The number of benzene rings is 2. The first-order chi connectivity index (χ1) is 14.6. The molecule has 0 spiro atoms. The summed E-state index contributed by atoms with van der Waals surface area (Å²) in [7, 11) is 0. The molecule has 0 heterocycles. The van der Waals surface area contributed by atoms with Crippen molar-refractivity contribution < 1.29 is 29.0 Å². The number of rotatable bonds is 8. The molecule has 0 aromatic heterocycles. The Hall–Kier alpha value is -2.91.